The molecule has 0 aliphatic heterocycles. The van der Waals surface area contributed by atoms with Crippen LogP contribution in [0.5, 0.6) is 17.2 Å². The fraction of sp³-hybridized carbons (Fsp3) is 0.370. The lowest BCUT2D eigenvalue weighted by Crippen LogP contribution is -2.21. The van der Waals surface area contributed by atoms with Crippen molar-refractivity contribution in [3.63, 3.8) is 0 Å². The molecular formula is C27H32N2O5. The van der Waals surface area contributed by atoms with Gasteiger partial charge in [-0.2, -0.15) is 0 Å². The Hall–Kier alpha value is -3.29. The van der Waals surface area contributed by atoms with Gasteiger partial charge in [-0.15, -0.1) is 0 Å². The molecule has 1 aromatic heterocycles. The number of benzene rings is 2. The van der Waals surface area contributed by atoms with Gasteiger partial charge in [-0.1, -0.05) is 12.1 Å². The van der Waals surface area contributed by atoms with Crippen molar-refractivity contribution in [2.75, 3.05) is 25.2 Å². The van der Waals surface area contributed by atoms with Crippen molar-refractivity contribution in [1.82, 2.24) is 4.98 Å². The molecule has 0 radical (unpaired) electrons. The van der Waals surface area contributed by atoms with Gasteiger partial charge in [0.25, 0.3) is 0 Å². The zero-order chi connectivity index (χ0) is 23.8. The van der Waals surface area contributed by atoms with Gasteiger partial charge in [-0.05, 0) is 61.6 Å². The molecule has 0 spiro atoms. The van der Waals surface area contributed by atoms with E-state index in [0.29, 0.717) is 18.0 Å². The van der Waals surface area contributed by atoms with E-state index in [1.807, 2.05) is 60.8 Å². The summed E-state index contributed by atoms with van der Waals surface area (Å²) in [5.41, 5.74) is 2.92. The molecule has 0 unspecified atom stereocenters. The maximum absolute atomic E-state index is 9.65. The van der Waals surface area contributed by atoms with Crippen LogP contribution in [0.4, 0.5) is 11.4 Å². The summed E-state index contributed by atoms with van der Waals surface area (Å²) in [6.07, 6.45) is 7.41. The van der Waals surface area contributed by atoms with Gasteiger partial charge >= 0.3 is 0 Å². The minimum absolute atomic E-state index is 0.0183. The SMILES string of the molecule is COc1ccc(N(Cc2cccnc2)c2cccc(OC[C@H](O)CO)c2)cc1OC1CCCC1. The number of ether oxygens (including phenoxy) is 3. The number of nitrogens with zero attached hydrogens (tertiary/aromatic N) is 2. The minimum Gasteiger partial charge on any atom is -0.493 e. The van der Waals surface area contributed by atoms with Gasteiger partial charge in [-0.3, -0.25) is 4.98 Å². The first-order valence-corrected chi connectivity index (χ1v) is 11.7. The molecular weight excluding hydrogens is 432 g/mol. The molecule has 1 atom stereocenters. The molecule has 1 saturated carbocycles. The zero-order valence-electron chi connectivity index (χ0n) is 19.5. The second kappa shape index (κ2) is 11.7. The lowest BCUT2D eigenvalue weighted by Gasteiger charge is -2.27. The maximum atomic E-state index is 9.65. The average Bonchev–Trinajstić information content (AvgIpc) is 3.39. The first kappa shape index (κ1) is 23.9. The third-order valence-electron chi connectivity index (χ3n) is 5.90. The highest BCUT2D eigenvalue weighted by Crippen LogP contribution is 2.38. The molecule has 1 heterocycles. The first-order chi connectivity index (χ1) is 16.7. The second-order valence-electron chi connectivity index (χ2n) is 8.45. The van der Waals surface area contributed by atoms with E-state index in [1.165, 1.54) is 12.8 Å². The molecule has 34 heavy (non-hydrogen) atoms. The Kier molecular flexibility index (Phi) is 8.22. The summed E-state index contributed by atoms with van der Waals surface area (Å²) in [6, 6.07) is 17.6. The highest BCUT2D eigenvalue weighted by atomic mass is 16.5. The van der Waals surface area contributed by atoms with E-state index in [9.17, 15) is 5.11 Å². The summed E-state index contributed by atoms with van der Waals surface area (Å²) in [5, 5.41) is 18.7. The Bertz CT molecular complexity index is 1040. The molecule has 7 nitrogen and oxygen atoms in total. The fourth-order valence-electron chi connectivity index (χ4n) is 4.10. The molecule has 180 valence electrons. The van der Waals surface area contributed by atoms with Gasteiger partial charge < -0.3 is 29.3 Å². The van der Waals surface area contributed by atoms with Crippen LogP contribution in [0.25, 0.3) is 0 Å². The smallest absolute Gasteiger partial charge is 0.163 e. The topological polar surface area (TPSA) is 84.3 Å². The zero-order valence-corrected chi connectivity index (χ0v) is 19.5. The Balaban J connectivity index is 1.66. The molecule has 1 aliphatic rings. The van der Waals surface area contributed by atoms with Crippen LogP contribution in [0, 0.1) is 0 Å². The predicted molar refractivity (Wildman–Crippen MR) is 131 cm³/mol. The summed E-state index contributed by atoms with van der Waals surface area (Å²) in [5.74, 6) is 2.06. The molecule has 0 amide bonds. The van der Waals surface area contributed by atoms with E-state index in [-0.39, 0.29) is 19.3 Å². The summed E-state index contributed by atoms with van der Waals surface area (Å²) in [6.45, 7) is 0.263. The monoisotopic (exact) mass is 464 g/mol. The number of aliphatic hydroxyl groups is 2. The fourth-order valence-corrected chi connectivity index (χ4v) is 4.10. The van der Waals surface area contributed by atoms with Gasteiger partial charge in [0.2, 0.25) is 0 Å². The normalized spacial score (nSPS) is 14.6. The predicted octanol–water partition coefficient (Wildman–Crippen LogP) is 4.48. The molecule has 0 bridgehead atoms. The van der Waals surface area contributed by atoms with E-state index in [4.69, 9.17) is 19.3 Å². The standard InChI is InChI=1S/C27H32N2O5/c1-32-26-12-11-22(15-27(26)34-24-8-2-3-9-24)29(17-20-6-5-13-28-16-20)21-7-4-10-25(14-21)33-19-23(31)18-30/h4-7,10-16,23-24,30-31H,2-3,8-9,17-19H2,1H3/t23-/m1/s1. The number of aromatic nitrogens is 1. The lowest BCUT2D eigenvalue weighted by molar-refractivity contribution is 0.0536. The van der Waals surface area contributed by atoms with Gasteiger partial charge in [0, 0.05) is 42.4 Å². The van der Waals surface area contributed by atoms with E-state index < -0.39 is 6.10 Å². The van der Waals surface area contributed by atoms with E-state index in [0.717, 1.165) is 35.5 Å². The number of methoxy groups -OCH3 is 1. The largest absolute Gasteiger partial charge is 0.493 e. The number of anilines is 2. The lowest BCUT2D eigenvalue weighted by atomic mass is 10.1. The summed E-state index contributed by atoms with van der Waals surface area (Å²) in [4.78, 5) is 6.43. The highest BCUT2D eigenvalue weighted by molar-refractivity contribution is 5.67. The second-order valence-corrected chi connectivity index (χ2v) is 8.45. The van der Waals surface area contributed by atoms with Crippen LogP contribution >= 0.6 is 0 Å². The summed E-state index contributed by atoms with van der Waals surface area (Å²) >= 11 is 0. The molecule has 7 heteroatoms. The van der Waals surface area contributed by atoms with Crippen molar-refractivity contribution in [2.24, 2.45) is 0 Å². The van der Waals surface area contributed by atoms with Crippen molar-refractivity contribution in [3.8, 4) is 17.2 Å². The van der Waals surface area contributed by atoms with Crippen LogP contribution in [0.2, 0.25) is 0 Å². The average molecular weight is 465 g/mol. The Morgan fingerprint density at radius 2 is 1.85 bits per heavy atom. The van der Waals surface area contributed by atoms with Crippen molar-refractivity contribution < 1.29 is 24.4 Å². The molecule has 3 aromatic rings. The molecule has 2 aromatic carbocycles. The van der Waals surface area contributed by atoms with Gasteiger partial charge in [0.1, 0.15) is 18.5 Å². The van der Waals surface area contributed by atoms with Gasteiger partial charge in [0.05, 0.1) is 19.8 Å². The number of hydrogen-bond acceptors (Lipinski definition) is 7. The summed E-state index contributed by atoms with van der Waals surface area (Å²) in [7, 11) is 1.66. The number of hydrogen-bond donors (Lipinski definition) is 2. The van der Waals surface area contributed by atoms with Crippen LogP contribution < -0.4 is 19.1 Å². The van der Waals surface area contributed by atoms with E-state index >= 15 is 0 Å². The quantitative estimate of drug-likeness (QED) is 0.433. The maximum Gasteiger partial charge on any atom is 0.163 e. The third kappa shape index (κ3) is 6.18. The van der Waals surface area contributed by atoms with Crippen molar-refractivity contribution in [3.05, 3.63) is 72.6 Å². The number of aliphatic hydroxyl groups excluding tert-OH is 2. The Morgan fingerprint density at radius 3 is 2.59 bits per heavy atom. The van der Waals surface area contributed by atoms with E-state index in [2.05, 4.69) is 9.88 Å². The van der Waals surface area contributed by atoms with Crippen LogP contribution in [-0.4, -0.2) is 47.7 Å². The van der Waals surface area contributed by atoms with Gasteiger partial charge in [0.15, 0.2) is 11.5 Å². The van der Waals surface area contributed by atoms with Crippen LogP contribution in [0.3, 0.4) is 0 Å². The third-order valence-corrected chi connectivity index (χ3v) is 5.90. The molecule has 1 aliphatic carbocycles. The van der Waals surface area contributed by atoms with Crippen molar-refractivity contribution in [2.45, 2.75) is 44.4 Å². The van der Waals surface area contributed by atoms with Crippen molar-refractivity contribution in [1.29, 1.82) is 0 Å². The molecule has 1 fully saturated rings. The molecule has 0 saturated heterocycles. The Morgan fingerprint density at radius 1 is 1.03 bits per heavy atom. The highest BCUT2D eigenvalue weighted by Gasteiger charge is 2.20. The Labute approximate surface area is 200 Å². The molecule has 2 N–H and O–H groups in total. The van der Waals surface area contributed by atoms with E-state index in [1.54, 1.807) is 13.3 Å². The van der Waals surface area contributed by atoms with Gasteiger partial charge in [-0.25, -0.2) is 0 Å². The van der Waals surface area contributed by atoms with Crippen LogP contribution in [0.15, 0.2) is 67.0 Å². The van der Waals surface area contributed by atoms with Crippen LogP contribution in [-0.2, 0) is 6.54 Å². The number of pyridine rings is 1. The minimum atomic E-state index is -0.924. The first-order valence-electron chi connectivity index (χ1n) is 11.7. The van der Waals surface area contributed by atoms with Crippen molar-refractivity contribution >= 4 is 11.4 Å². The molecule has 4 rings (SSSR count). The van der Waals surface area contributed by atoms with Crippen LogP contribution in [0.1, 0.15) is 31.2 Å². The summed E-state index contributed by atoms with van der Waals surface area (Å²) < 4.78 is 17.6. The number of rotatable bonds is 11.